The van der Waals surface area contributed by atoms with E-state index < -0.39 is 17.5 Å². The number of hydrogen-bond donors (Lipinski definition) is 2. The second-order valence-corrected chi connectivity index (χ2v) is 5.31. The highest BCUT2D eigenvalue weighted by atomic mass is 16.6. The SMILES string of the molecule is CCCCc1cc2c(cc1C)NC(=O)C2(O)C(=O)OCC. The Bertz CT molecular complexity index is 582. The molecular weight excluding hydrogens is 270 g/mol. The molecule has 0 bridgehead atoms. The minimum Gasteiger partial charge on any atom is -0.463 e. The van der Waals surface area contributed by atoms with E-state index in [1.54, 1.807) is 19.1 Å². The minimum atomic E-state index is -2.24. The number of unbranched alkanes of at least 4 members (excludes halogenated alkanes) is 1. The number of benzene rings is 1. The first-order chi connectivity index (χ1) is 9.94. The van der Waals surface area contributed by atoms with Crippen molar-refractivity contribution < 1.29 is 19.4 Å². The summed E-state index contributed by atoms with van der Waals surface area (Å²) in [6.45, 7) is 5.80. The zero-order valence-corrected chi connectivity index (χ0v) is 12.7. The van der Waals surface area contributed by atoms with Crippen LogP contribution in [0.4, 0.5) is 5.69 Å². The van der Waals surface area contributed by atoms with Gasteiger partial charge in [0.15, 0.2) is 0 Å². The normalized spacial score (nSPS) is 20.1. The third kappa shape index (κ3) is 2.53. The van der Waals surface area contributed by atoms with Gasteiger partial charge >= 0.3 is 5.97 Å². The van der Waals surface area contributed by atoms with Gasteiger partial charge in [-0.15, -0.1) is 0 Å². The molecule has 0 aliphatic carbocycles. The lowest BCUT2D eigenvalue weighted by Gasteiger charge is -2.19. The zero-order chi connectivity index (χ0) is 15.6. The number of carbonyl (C=O) groups excluding carboxylic acids is 2. The van der Waals surface area contributed by atoms with E-state index in [1.807, 2.05) is 6.92 Å². The van der Waals surface area contributed by atoms with Crippen molar-refractivity contribution in [3.8, 4) is 0 Å². The molecule has 21 heavy (non-hydrogen) atoms. The maximum absolute atomic E-state index is 12.0. The summed E-state index contributed by atoms with van der Waals surface area (Å²) in [6, 6.07) is 3.55. The fourth-order valence-corrected chi connectivity index (χ4v) is 2.57. The molecule has 5 nitrogen and oxygen atoms in total. The Morgan fingerprint density at radius 2 is 2.10 bits per heavy atom. The van der Waals surface area contributed by atoms with Crippen LogP contribution in [0.5, 0.6) is 0 Å². The van der Waals surface area contributed by atoms with Gasteiger partial charge in [-0.05, 0) is 49.9 Å². The van der Waals surface area contributed by atoms with E-state index in [0.29, 0.717) is 11.3 Å². The van der Waals surface area contributed by atoms with Crippen LogP contribution >= 0.6 is 0 Å². The average molecular weight is 291 g/mol. The van der Waals surface area contributed by atoms with E-state index in [-0.39, 0.29) is 6.61 Å². The smallest absolute Gasteiger partial charge is 0.353 e. The first-order valence-electron chi connectivity index (χ1n) is 7.30. The molecule has 114 valence electrons. The molecule has 5 heteroatoms. The number of fused-ring (bicyclic) bond motifs is 1. The van der Waals surface area contributed by atoms with Gasteiger partial charge in [0, 0.05) is 11.3 Å². The summed E-state index contributed by atoms with van der Waals surface area (Å²) in [6.07, 6.45) is 2.91. The molecule has 2 N–H and O–H groups in total. The molecule has 1 atom stereocenters. The summed E-state index contributed by atoms with van der Waals surface area (Å²) >= 11 is 0. The molecule has 1 aromatic rings. The van der Waals surface area contributed by atoms with Gasteiger partial charge in [0.1, 0.15) is 0 Å². The lowest BCUT2D eigenvalue weighted by molar-refractivity contribution is -0.169. The number of ether oxygens (including phenoxy) is 1. The Morgan fingerprint density at radius 3 is 2.71 bits per heavy atom. The Labute approximate surface area is 124 Å². The van der Waals surface area contributed by atoms with E-state index in [1.165, 1.54) is 0 Å². The quantitative estimate of drug-likeness (QED) is 0.643. The Balaban J connectivity index is 2.47. The fourth-order valence-electron chi connectivity index (χ4n) is 2.57. The first kappa shape index (κ1) is 15.5. The predicted octanol–water partition coefficient (Wildman–Crippen LogP) is 2.04. The van der Waals surface area contributed by atoms with E-state index in [9.17, 15) is 14.7 Å². The van der Waals surface area contributed by atoms with E-state index in [4.69, 9.17) is 4.74 Å². The molecule has 1 heterocycles. The van der Waals surface area contributed by atoms with Crippen molar-refractivity contribution in [3.63, 3.8) is 0 Å². The third-order valence-corrected chi connectivity index (χ3v) is 3.81. The number of nitrogens with one attached hydrogen (secondary N) is 1. The van der Waals surface area contributed by atoms with Crippen LogP contribution in [0.3, 0.4) is 0 Å². The van der Waals surface area contributed by atoms with Crippen molar-refractivity contribution in [3.05, 3.63) is 28.8 Å². The summed E-state index contributed by atoms with van der Waals surface area (Å²) in [7, 11) is 0. The van der Waals surface area contributed by atoms with Crippen LogP contribution in [0, 0.1) is 6.92 Å². The van der Waals surface area contributed by atoms with E-state index >= 15 is 0 Å². The molecule has 2 rings (SSSR count). The second kappa shape index (κ2) is 5.85. The summed E-state index contributed by atoms with van der Waals surface area (Å²) in [5.74, 6) is -1.67. The van der Waals surface area contributed by atoms with Crippen molar-refractivity contribution in [1.82, 2.24) is 0 Å². The number of aryl methyl sites for hydroxylation is 2. The van der Waals surface area contributed by atoms with E-state index in [2.05, 4.69) is 12.2 Å². The highest BCUT2D eigenvalue weighted by Crippen LogP contribution is 2.39. The van der Waals surface area contributed by atoms with Crippen molar-refractivity contribution in [1.29, 1.82) is 0 Å². The molecule has 1 aromatic carbocycles. The number of esters is 1. The van der Waals surface area contributed by atoms with Crippen molar-refractivity contribution in [2.45, 2.75) is 45.6 Å². The number of anilines is 1. The van der Waals surface area contributed by atoms with Gasteiger partial charge in [-0.2, -0.15) is 0 Å². The third-order valence-electron chi connectivity index (χ3n) is 3.81. The Hall–Kier alpha value is -1.88. The molecule has 0 spiro atoms. The van der Waals surface area contributed by atoms with Crippen LogP contribution in [0.15, 0.2) is 12.1 Å². The molecule has 1 amide bonds. The maximum atomic E-state index is 12.0. The number of rotatable bonds is 5. The zero-order valence-electron chi connectivity index (χ0n) is 12.7. The summed E-state index contributed by atoms with van der Waals surface area (Å²) in [5, 5.41) is 13.1. The van der Waals surface area contributed by atoms with Gasteiger partial charge in [0.25, 0.3) is 11.5 Å². The molecule has 1 unspecified atom stereocenters. The Morgan fingerprint density at radius 1 is 1.38 bits per heavy atom. The molecule has 1 aliphatic heterocycles. The van der Waals surface area contributed by atoms with Crippen LogP contribution in [-0.4, -0.2) is 23.6 Å². The van der Waals surface area contributed by atoms with Gasteiger partial charge in [0.2, 0.25) is 0 Å². The predicted molar refractivity (Wildman–Crippen MR) is 79.0 cm³/mol. The average Bonchev–Trinajstić information content (AvgIpc) is 2.69. The van der Waals surface area contributed by atoms with Crippen LogP contribution in [0.25, 0.3) is 0 Å². The van der Waals surface area contributed by atoms with Crippen molar-refractivity contribution in [2.24, 2.45) is 0 Å². The van der Waals surface area contributed by atoms with Crippen molar-refractivity contribution in [2.75, 3.05) is 11.9 Å². The monoisotopic (exact) mass is 291 g/mol. The number of hydrogen-bond acceptors (Lipinski definition) is 4. The number of carbonyl (C=O) groups is 2. The van der Waals surface area contributed by atoms with Crippen LogP contribution in [0.1, 0.15) is 43.4 Å². The maximum Gasteiger partial charge on any atom is 0.353 e. The van der Waals surface area contributed by atoms with Crippen LogP contribution < -0.4 is 5.32 Å². The lowest BCUT2D eigenvalue weighted by Crippen LogP contribution is -2.43. The molecule has 1 aliphatic rings. The Kier molecular flexibility index (Phi) is 4.32. The number of amides is 1. The minimum absolute atomic E-state index is 0.109. The topological polar surface area (TPSA) is 75.6 Å². The summed E-state index contributed by atoms with van der Waals surface area (Å²) in [5.41, 5.74) is 0.612. The highest BCUT2D eigenvalue weighted by Gasteiger charge is 2.53. The van der Waals surface area contributed by atoms with Gasteiger partial charge in [-0.1, -0.05) is 13.3 Å². The number of aliphatic hydroxyl groups is 1. The fraction of sp³-hybridized carbons (Fsp3) is 0.500. The van der Waals surface area contributed by atoms with Crippen molar-refractivity contribution >= 4 is 17.6 Å². The van der Waals surface area contributed by atoms with Gasteiger partial charge < -0.3 is 15.2 Å². The van der Waals surface area contributed by atoms with Crippen LogP contribution in [0.2, 0.25) is 0 Å². The first-order valence-corrected chi connectivity index (χ1v) is 7.30. The molecular formula is C16H21NO4. The van der Waals surface area contributed by atoms with Gasteiger partial charge in [0.05, 0.1) is 6.61 Å². The van der Waals surface area contributed by atoms with Gasteiger partial charge in [-0.25, -0.2) is 4.79 Å². The standard InChI is InChI=1S/C16H21NO4/c1-4-6-7-11-9-12-13(8-10(11)3)17-14(18)16(12,20)15(19)21-5-2/h8-9,20H,4-7H2,1-3H3,(H,17,18). The molecule has 0 saturated carbocycles. The molecule has 0 aromatic heterocycles. The lowest BCUT2D eigenvalue weighted by atomic mass is 9.91. The highest BCUT2D eigenvalue weighted by molar-refractivity contribution is 6.17. The summed E-state index contributed by atoms with van der Waals surface area (Å²) < 4.78 is 4.86. The molecule has 0 saturated heterocycles. The molecule has 0 radical (unpaired) electrons. The second-order valence-electron chi connectivity index (χ2n) is 5.31. The largest absolute Gasteiger partial charge is 0.463 e. The van der Waals surface area contributed by atoms with Gasteiger partial charge in [-0.3, -0.25) is 4.79 Å². The molecule has 0 fully saturated rings. The van der Waals surface area contributed by atoms with E-state index in [0.717, 1.165) is 30.4 Å². The summed E-state index contributed by atoms with van der Waals surface area (Å²) in [4.78, 5) is 24.1. The van der Waals surface area contributed by atoms with Crippen LogP contribution in [-0.2, 0) is 26.3 Å².